The summed E-state index contributed by atoms with van der Waals surface area (Å²) >= 11 is 0. The average molecular weight is 771 g/mol. The third-order valence-electron chi connectivity index (χ3n) is 10.9. The summed E-state index contributed by atoms with van der Waals surface area (Å²) < 4.78 is 5.95. The highest BCUT2D eigenvalue weighted by atomic mass is 16.4. The smallest absolute Gasteiger partial charge is 0.259 e. The van der Waals surface area contributed by atoms with Gasteiger partial charge in [-0.2, -0.15) is 0 Å². The molecule has 0 radical (unpaired) electrons. The molecule has 0 unspecified atom stereocenters. The van der Waals surface area contributed by atoms with E-state index in [0.717, 1.165) is 12.8 Å². The standard InChI is InChI=1S/C44H46N6O7/c1-43(55,31-11-5-3-6-12-31)41(53)49-25-9-15-35(49)27-37(51)45-33-21-17-29(18-22-33)39-47-48-40(57-39)30-19-23-34(24-20-30)46-38(52)28-36-16-10-26-50(36)42(54)44(2,56)32-13-7-4-8-14-32/h3-8,11-14,17-24,35-36,55-56H,9-10,15-16,25-28H2,1-2H3,(H,45,51)(H,46,52)/t35-,36-,43+,44+/m0/s1. The van der Waals surface area contributed by atoms with Crippen molar-refractivity contribution in [3.63, 3.8) is 0 Å². The van der Waals surface area contributed by atoms with E-state index in [0.29, 0.717) is 59.6 Å². The van der Waals surface area contributed by atoms with E-state index in [1.807, 2.05) is 12.1 Å². The summed E-state index contributed by atoms with van der Waals surface area (Å²) in [4.78, 5) is 56.1. The first-order valence-corrected chi connectivity index (χ1v) is 19.2. The Morgan fingerprint density at radius 1 is 0.614 bits per heavy atom. The lowest BCUT2D eigenvalue weighted by atomic mass is 9.94. The molecule has 7 rings (SSSR count). The highest BCUT2D eigenvalue weighted by Crippen LogP contribution is 2.32. The van der Waals surface area contributed by atoms with Crippen LogP contribution in [0.5, 0.6) is 0 Å². The number of anilines is 2. The number of aliphatic hydroxyl groups is 2. The number of likely N-dealkylation sites (tertiary alicyclic amines) is 2. The zero-order valence-electron chi connectivity index (χ0n) is 31.9. The number of carbonyl (C=O) groups excluding carboxylic acids is 4. The van der Waals surface area contributed by atoms with Crippen LogP contribution < -0.4 is 10.6 Å². The molecule has 0 aliphatic carbocycles. The van der Waals surface area contributed by atoms with E-state index in [1.54, 1.807) is 107 Å². The first kappa shape index (κ1) is 39.1. The molecule has 5 aromatic rings. The Labute approximate surface area is 330 Å². The molecule has 0 saturated carbocycles. The van der Waals surface area contributed by atoms with Gasteiger partial charge in [-0.05, 0) is 99.2 Å². The number of carbonyl (C=O) groups is 4. The Hall–Kier alpha value is -6.18. The Morgan fingerprint density at radius 3 is 1.35 bits per heavy atom. The highest BCUT2D eigenvalue weighted by molar-refractivity contribution is 5.93. The average Bonchev–Trinajstić information content (AvgIpc) is 4.01. The number of aromatic nitrogens is 2. The SMILES string of the molecule is C[C@](O)(C(=O)N1CCC[C@H]1CC(=O)Nc1ccc(-c2nnc(-c3ccc(NC(=O)C[C@@H]4CCCN4C(=O)[C@](C)(O)c4ccccc4)cc3)o2)cc1)c1ccccc1. The van der Waals surface area contributed by atoms with Crippen LogP contribution in [0.2, 0.25) is 0 Å². The highest BCUT2D eigenvalue weighted by Gasteiger charge is 2.42. The van der Waals surface area contributed by atoms with Gasteiger partial charge < -0.3 is 35.1 Å². The number of nitrogens with zero attached hydrogens (tertiary/aromatic N) is 4. The van der Waals surface area contributed by atoms with Gasteiger partial charge in [0.25, 0.3) is 11.8 Å². The lowest BCUT2D eigenvalue weighted by Crippen LogP contribution is -2.48. The van der Waals surface area contributed by atoms with Crippen molar-refractivity contribution < 1.29 is 33.8 Å². The van der Waals surface area contributed by atoms with Crippen molar-refractivity contribution in [3.8, 4) is 22.9 Å². The van der Waals surface area contributed by atoms with Crippen LogP contribution >= 0.6 is 0 Å². The number of nitrogens with one attached hydrogen (secondary N) is 2. The fraction of sp³-hybridized carbons (Fsp3) is 0.318. The molecule has 2 saturated heterocycles. The minimum atomic E-state index is -1.69. The Balaban J connectivity index is 0.905. The van der Waals surface area contributed by atoms with Crippen LogP contribution in [-0.4, -0.2) is 79.0 Å². The number of hydrogen-bond donors (Lipinski definition) is 4. The minimum Gasteiger partial charge on any atom is -0.416 e. The molecule has 4 amide bonds. The van der Waals surface area contributed by atoms with Crippen molar-refractivity contribution in [3.05, 3.63) is 120 Å². The third kappa shape index (κ3) is 8.64. The van der Waals surface area contributed by atoms with Gasteiger partial charge in [0, 0.05) is 60.5 Å². The second-order valence-corrected chi connectivity index (χ2v) is 15.0. The topological polar surface area (TPSA) is 178 Å². The van der Waals surface area contributed by atoms with Gasteiger partial charge in [-0.25, -0.2) is 0 Å². The third-order valence-corrected chi connectivity index (χ3v) is 10.9. The van der Waals surface area contributed by atoms with Gasteiger partial charge in [0.05, 0.1) is 0 Å². The molecule has 2 aliphatic heterocycles. The van der Waals surface area contributed by atoms with Gasteiger partial charge in [-0.3, -0.25) is 19.2 Å². The summed E-state index contributed by atoms with van der Waals surface area (Å²) in [5.74, 6) is -0.738. The Kier molecular flexibility index (Phi) is 11.3. The maximum absolute atomic E-state index is 13.4. The van der Waals surface area contributed by atoms with Gasteiger partial charge in [-0.15, -0.1) is 10.2 Å². The molecular formula is C44H46N6O7. The van der Waals surface area contributed by atoms with E-state index in [4.69, 9.17) is 4.42 Å². The van der Waals surface area contributed by atoms with E-state index in [-0.39, 0.29) is 48.5 Å². The largest absolute Gasteiger partial charge is 0.416 e. The number of benzene rings is 4. The zero-order valence-corrected chi connectivity index (χ0v) is 31.9. The molecule has 2 aliphatic rings. The first-order valence-electron chi connectivity index (χ1n) is 19.2. The summed E-state index contributed by atoms with van der Waals surface area (Å²) in [5, 5.41) is 36.4. The minimum absolute atomic E-state index is 0.104. The molecule has 4 aromatic carbocycles. The summed E-state index contributed by atoms with van der Waals surface area (Å²) in [6, 6.07) is 31.0. The first-order chi connectivity index (χ1) is 27.4. The predicted octanol–water partition coefficient (Wildman–Crippen LogP) is 5.86. The lowest BCUT2D eigenvalue weighted by Gasteiger charge is -2.32. The molecular weight excluding hydrogens is 725 g/mol. The molecule has 1 aromatic heterocycles. The van der Waals surface area contributed by atoms with Crippen molar-refractivity contribution in [1.82, 2.24) is 20.0 Å². The predicted molar refractivity (Wildman–Crippen MR) is 213 cm³/mol. The van der Waals surface area contributed by atoms with Crippen LogP contribution in [0.1, 0.15) is 63.5 Å². The molecule has 2 fully saturated rings. The fourth-order valence-corrected chi connectivity index (χ4v) is 7.66. The van der Waals surface area contributed by atoms with Gasteiger partial charge in [0.15, 0.2) is 11.2 Å². The number of rotatable bonds is 12. The maximum atomic E-state index is 13.4. The Bertz CT molecular complexity index is 2050. The van der Waals surface area contributed by atoms with Crippen LogP contribution in [-0.2, 0) is 30.4 Å². The molecule has 4 atom stereocenters. The normalized spacial score (nSPS) is 18.7. The van der Waals surface area contributed by atoms with E-state index < -0.39 is 23.0 Å². The summed E-state index contributed by atoms with van der Waals surface area (Å²) in [7, 11) is 0. The van der Waals surface area contributed by atoms with Crippen molar-refractivity contribution >= 4 is 35.0 Å². The van der Waals surface area contributed by atoms with Gasteiger partial charge in [0.2, 0.25) is 23.6 Å². The molecule has 13 nitrogen and oxygen atoms in total. The molecule has 57 heavy (non-hydrogen) atoms. The number of hydrogen-bond acceptors (Lipinski definition) is 9. The molecule has 0 bridgehead atoms. The monoisotopic (exact) mass is 770 g/mol. The Morgan fingerprint density at radius 2 is 0.982 bits per heavy atom. The van der Waals surface area contributed by atoms with Crippen LogP contribution in [0.4, 0.5) is 11.4 Å². The van der Waals surface area contributed by atoms with Crippen molar-refractivity contribution in [1.29, 1.82) is 0 Å². The summed E-state index contributed by atoms with van der Waals surface area (Å²) in [6.07, 6.45) is 3.05. The van der Waals surface area contributed by atoms with E-state index in [2.05, 4.69) is 20.8 Å². The lowest BCUT2D eigenvalue weighted by molar-refractivity contribution is -0.152. The fourth-order valence-electron chi connectivity index (χ4n) is 7.66. The maximum Gasteiger partial charge on any atom is 0.259 e. The van der Waals surface area contributed by atoms with Gasteiger partial charge in [-0.1, -0.05) is 60.7 Å². The van der Waals surface area contributed by atoms with Crippen LogP contribution in [0.3, 0.4) is 0 Å². The van der Waals surface area contributed by atoms with Gasteiger partial charge in [0.1, 0.15) is 0 Å². The van der Waals surface area contributed by atoms with Crippen molar-refractivity contribution in [2.75, 3.05) is 23.7 Å². The van der Waals surface area contributed by atoms with E-state index >= 15 is 0 Å². The molecule has 0 spiro atoms. The summed E-state index contributed by atoms with van der Waals surface area (Å²) in [6.45, 7) is 3.94. The molecule has 294 valence electrons. The van der Waals surface area contributed by atoms with Crippen LogP contribution in [0.25, 0.3) is 22.9 Å². The van der Waals surface area contributed by atoms with Crippen LogP contribution in [0, 0.1) is 0 Å². The molecule has 4 N–H and O–H groups in total. The van der Waals surface area contributed by atoms with Crippen molar-refractivity contribution in [2.45, 2.75) is 75.7 Å². The molecule has 13 heteroatoms. The molecule has 3 heterocycles. The second-order valence-electron chi connectivity index (χ2n) is 15.0. The second kappa shape index (κ2) is 16.5. The number of amides is 4. The van der Waals surface area contributed by atoms with Crippen molar-refractivity contribution in [2.24, 2.45) is 0 Å². The van der Waals surface area contributed by atoms with E-state index in [9.17, 15) is 29.4 Å². The van der Waals surface area contributed by atoms with E-state index in [1.165, 1.54) is 13.8 Å². The zero-order chi connectivity index (χ0) is 40.2. The van der Waals surface area contributed by atoms with Crippen LogP contribution in [0.15, 0.2) is 114 Å². The summed E-state index contributed by atoms with van der Waals surface area (Å²) in [5.41, 5.74) is 0.0700. The quantitative estimate of drug-likeness (QED) is 0.121. The van der Waals surface area contributed by atoms with Gasteiger partial charge >= 0.3 is 0 Å².